The summed E-state index contributed by atoms with van der Waals surface area (Å²) in [4.78, 5) is 20.5. The molecule has 20 heavy (non-hydrogen) atoms. The first kappa shape index (κ1) is 14.4. The highest BCUT2D eigenvalue weighted by atomic mass is 16.6. The number of aromatic nitrogens is 2. The number of rotatable bonds is 6. The van der Waals surface area contributed by atoms with Crippen molar-refractivity contribution in [2.75, 3.05) is 36.9 Å². The molecule has 2 heterocycles. The van der Waals surface area contributed by atoms with E-state index in [1.54, 1.807) is 0 Å². The van der Waals surface area contributed by atoms with Gasteiger partial charge in [-0.25, -0.2) is 10.8 Å². The smallest absolute Gasteiger partial charge is 0.329 e. The maximum atomic E-state index is 10.9. The number of nitrogens with zero attached hydrogens (tertiary/aromatic N) is 4. The summed E-state index contributed by atoms with van der Waals surface area (Å²) >= 11 is 0. The summed E-state index contributed by atoms with van der Waals surface area (Å²) in [6, 6.07) is 0. The van der Waals surface area contributed by atoms with Crippen LogP contribution in [0.2, 0.25) is 0 Å². The molecular formula is C11H19N7O2. The van der Waals surface area contributed by atoms with Gasteiger partial charge in [0.25, 0.3) is 0 Å². The summed E-state index contributed by atoms with van der Waals surface area (Å²) in [6.07, 6.45) is 4.86. The fourth-order valence-electron chi connectivity index (χ4n) is 2.22. The van der Waals surface area contributed by atoms with Crippen molar-refractivity contribution in [1.29, 1.82) is 0 Å². The third-order valence-corrected chi connectivity index (χ3v) is 3.26. The molecule has 9 heteroatoms. The molecule has 110 valence electrons. The van der Waals surface area contributed by atoms with Gasteiger partial charge in [0.2, 0.25) is 11.8 Å². The molecule has 0 spiro atoms. The zero-order valence-corrected chi connectivity index (χ0v) is 11.2. The molecule has 4 N–H and O–H groups in total. The molecule has 9 nitrogen and oxygen atoms in total. The van der Waals surface area contributed by atoms with Gasteiger partial charge in [0, 0.05) is 13.1 Å². The van der Waals surface area contributed by atoms with Crippen LogP contribution in [0, 0.1) is 10.1 Å². The Labute approximate surface area is 116 Å². The first-order valence-corrected chi connectivity index (χ1v) is 6.65. The second-order valence-corrected chi connectivity index (χ2v) is 4.66. The number of piperidine rings is 1. The normalized spacial score (nSPS) is 15.8. The molecule has 0 bridgehead atoms. The number of hydrazine groups is 1. The van der Waals surface area contributed by atoms with Gasteiger partial charge < -0.3 is 10.2 Å². The van der Waals surface area contributed by atoms with Crippen LogP contribution in [0.1, 0.15) is 19.3 Å². The fraction of sp³-hybridized carbons (Fsp3) is 0.636. The lowest BCUT2D eigenvalue weighted by atomic mass is 10.1. The third-order valence-electron chi connectivity index (χ3n) is 3.26. The van der Waals surface area contributed by atoms with Crippen molar-refractivity contribution in [1.82, 2.24) is 14.9 Å². The van der Waals surface area contributed by atoms with Gasteiger partial charge in [0.15, 0.2) is 0 Å². The number of nitrogens with two attached hydrogens (primary N) is 1. The van der Waals surface area contributed by atoms with Crippen LogP contribution in [0.15, 0.2) is 6.20 Å². The highest BCUT2D eigenvalue weighted by Gasteiger charge is 2.17. The van der Waals surface area contributed by atoms with Gasteiger partial charge in [-0.2, -0.15) is 4.98 Å². The summed E-state index contributed by atoms with van der Waals surface area (Å²) in [7, 11) is 0. The first-order valence-electron chi connectivity index (χ1n) is 6.65. The van der Waals surface area contributed by atoms with Gasteiger partial charge in [0.05, 0.1) is 4.92 Å². The van der Waals surface area contributed by atoms with E-state index in [0.29, 0.717) is 6.54 Å². The van der Waals surface area contributed by atoms with Crippen LogP contribution >= 0.6 is 0 Å². The van der Waals surface area contributed by atoms with Crippen molar-refractivity contribution in [3.05, 3.63) is 16.3 Å². The zero-order valence-electron chi connectivity index (χ0n) is 11.2. The lowest BCUT2D eigenvalue weighted by Crippen LogP contribution is -2.33. The molecule has 1 fully saturated rings. The predicted molar refractivity (Wildman–Crippen MR) is 75.3 cm³/mol. The standard InChI is InChI=1S/C11H19N7O2/c12-16-11-14-8-9(18(19)20)10(15-11)13-4-7-17-5-2-1-3-6-17/h8H,1-7,12H2,(H2,13,14,15,16). The van der Waals surface area contributed by atoms with Crippen LogP contribution in [0.3, 0.4) is 0 Å². The van der Waals surface area contributed by atoms with Crippen molar-refractivity contribution in [3.8, 4) is 0 Å². The number of hydrogen-bond donors (Lipinski definition) is 3. The molecule has 0 unspecified atom stereocenters. The van der Waals surface area contributed by atoms with Crippen LogP contribution in [-0.2, 0) is 0 Å². The maximum Gasteiger partial charge on any atom is 0.329 e. The molecule has 1 aromatic rings. The minimum Gasteiger partial charge on any atom is -0.363 e. The molecule has 1 aromatic heterocycles. The van der Waals surface area contributed by atoms with Gasteiger partial charge in [-0.05, 0) is 25.9 Å². The second-order valence-electron chi connectivity index (χ2n) is 4.66. The van der Waals surface area contributed by atoms with Gasteiger partial charge in [-0.15, -0.1) is 0 Å². The highest BCUT2D eigenvalue weighted by molar-refractivity contribution is 5.56. The van der Waals surface area contributed by atoms with Crippen LogP contribution in [0.25, 0.3) is 0 Å². The van der Waals surface area contributed by atoms with Gasteiger partial charge in [-0.1, -0.05) is 6.42 Å². The molecule has 1 saturated heterocycles. The van der Waals surface area contributed by atoms with E-state index in [4.69, 9.17) is 5.84 Å². The van der Waals surface area contributed by atoms with Crippen molar-refractivity contribution in [2.24, 2.45) is 5.84 Å². The zero-order chi connectivity index (χ0) is 14.4. The monoisotopic (exact) mass is 281 g/mol. The van der Waals surface area contributed by atoms with Crippen molar-refractivity contribution < 1.29 is 4.92 Å². The van der Waals surface area contributed by atoms with E-state index >= 15 is 0 Å². The Morgan fingerprint density at radius 3 is 2.80 bits per heavy atom. The Balaban J connectivity index is 1.94. The molecule has 2 rings (SSSR count). The molecular weight excluding hydrogens is 262 g/mol. The largest absolute Gasteiger partial charge is 0.363 e. The predicted octanol–water partition coefficient (Wildman–Crippen LogP) is 0.568. The average molecular weight is 281 g/mol. The van der Waals surface area contributed by atoms with Gasteiger partial charge in [-0.3, -0.25) is 15.5 Å². The number of nitro groups is 1. The van der Waals surface area contributed by atoms with E-state index in [-0.39, 0.29) is 17.5 Å². The number of nitrogens with one attached hydrogen (secondary N) is 2. The molecule has 0 aromatic carbocycles. The lowest BCUT2D eigenvalue weighted by Gasteiger charge is -2.26. The number of hydrogen-bond acceptors (Lipinski definition) is 8. The summed E-state index contributed by atoms with van der Waals surface area (Å²) < 4.78 is 0. The minimum absolute atomic E-state index is 0.149. The average Bonchev–Trinajstić information content (AvgIpc) is 2.48. The van der Waals surface area contributed by atoms with Crippen molar-refractivity contribution in [3.63, 3.8) is 0 Å². The molecule has 1 aliphatic heterocycles. The number of nitrogen functional groups attached to an aromatic ring is 1. The molecule has 0 saturated carbocycles. The third kappa shape index (κ3) is 3.75. The Kier molecular flexibility index (Phi) is 5.02. The summed E-state index contributed by atoms with van der Waals surface area (Å²) in [6.45, 7) is 3.61. The van der Waals surface area contributed by atoms with Crippen LogP contribution in [-0.4, -0.2) is 46.0 Å². The minimum atomic E-state index is -0.510. The second kappa shape index (κ2) is 6.96. The highest BCUT2D eigenvalue weighted by Crippen LogP contribution is 2.21. The number of anilines is 2. The summed E-state index contributed by atoms with van der Waals surface area (Å²) in [5, 5.41) is 13.9. The molecule has 0 amide bonds. The Morgan fingerprint density at radius 2 is 2.15 bits per heavy atom. The first-order chi connectivity index (χ1) is 9.70. The Hall–Kier alpha value is -2.00. The molecule has 0 atom stereocenters. The lowest BCUT2D eigenvalue weighted by molar-refractivity contribution is -0.384. The summed E-state index contributed by atoms with van der Waals surface area (Å²) in [5.41, 5.74) is 2.13. The van der Waals surface area contributed by atoms with Gasteiger partial charge >= 0.3 is 5.69 Å². The van der Waals surface area contributed by atoms with E-state index < -0.39 is 4.92 Å². The van der Waals surface area contributed by atoms with Crippen LogP contribution < -0.4 is 16.6 Å². The van der Waals surface area contributed by atoms with Crippen molar-refractivity contribution in [2.45, 2.75) is 19.3 Å². The van der Waals surface area contributed by atoms with E-state index in [1.165, 1.54) is 19.3 Å². The van der Waals surface area contributed by atoms with E-state index in [1.807, 2.05) is 0 Å². The quantitative estimate of drug-likeness (QED) is 0.393. The van der Waals surface area contributed by atoms with E-state index in [0.717, 1.165) is 25.8 Å². The topological polar surface area (TPSA) is 122 Å². The Bertz CT molecular complexity index is 462. The maximum absolute atomic E-state index is 10.9. The van der Waals surface area contributed by atoms with Crippen LogP contribution in [0.4, 0.5) is 17.5 Å². The van der Waals surface area contributed by atoms with E-state index in [2.05, 4.69) is 25.6 Å². The van der Waals surface area contributed by atoms with E-state index in [9.17, 15) is 10.1 Å². The van der Waals surface area contributed by atoms with Crippen molar-refractivity contribution >= 4 is 17.5 Å². The van der Waals surface area contributed by atoms with Crippen LogP contribution in [0.5, 0.6) is 0 Å². The Morgan fingerprint density at radius 1 is 1.40 bits per heavy atom. The molecule has 0 aliphatic carbocycles. The number of likely N-dealkylation sites (tertiary alicyclic amines) is 1. The van der Waals surface area contributed by atoms with Gasteiger partial charge in [0.1, 0.15) is 6.20 Å². The molecule has 1 aliphatic rings. The SMILES string of the molecule is NNc1ncc([N+](=O)[O-])c(NCCN2CCCCC2)n1. The summed E-state index contributed by atoms with van der Waals surface area (Å²) in [5.74, 6) is 5.55. The fourth-order valence-corrected chi connectivity index (χ4v) is 2.22. The molecule has 0 radical (unpaired) electrons.